The first kappa shape index (κ1) is 12.9. The number of benzene rings is 1. The normalized spacial score (nSPS) is 27.1. The fourth-order valence-electron chi connectivity index (χ4n) is 3.31. The Bertz CT molecular complexity index is 601. The summed E-state index contributed by atoms with van der Waals surface area (Å²) in [5.41, 5.74) is 8.36. The number of nitrogens with two attached hydrogens (primary N) is 1. The van der Waals surface area contributed by atoms with Crippen molar-refractivity contribution in [1.29, 1.82) is 0 Å². The second-order valence-corrected chi connectivity index (χ2v) is 7.75. The lowest BCUT2D eigenvalue weighted by Gasteiger charge is -2.26. The van der Waals surface area contributed by atoms with Crippen LogP contribution in [0.15, 0.2) is 17.0 Å². The predicted molar refractivity (Wildman–Crippen MR) is 75.3 cm³/mol. The SMILES string of the molecule is Cc1cc(S(=O)(=O)N2CC3CCC2C3)cc(N)c1C. The summed E-state index contributed by atoms with van der Waals surface area (Å²) < 4.78 is 27.1. The summed E-state index contributed by atoms with van der Waals surface area (Å²) in [4.78, 5) is 0.348. The summed E-state index contributed by atoms with van der Waals surface area (Å²) in [6, 6.07) is 3.55. The monoisotopic (exact) mass is 280 g/mol. The molecule has 2 unspecified atom stereocenters. The van der Waals surface area contributed by atoms with Gasteiger partial charge in [-0.3, -0.25) is 0 Å². The molecule has 2 N–H and O–H groups in total. The Morgan fingerprint density at radius 1 is 1.26 bits per heavy atom. The van der Waals surface area contributed by atoms with E-state index in [9.17, 15) is 8.42 Å². The van der Waals surface area contributed by atoms with E-state index in [1.807, 2.05) is 13.8 Å². The van der Waals surface area contributed by atoms with Crippen molar-refractivity contribution >= 4 is 15.7 Å². The zero-order valence-electron chi connectivity index (χ0n) is 11.4. The molecule has 1 saturated heterocycles. The van der Waals surface area contributed by atoms with Gasteiger partial charge in [-0.05, 0) is 62.3 Å². The molecule has 0 radical (unpaired) electrons. The van der Waals surface area contributed by atoms with Gasteiger partial charge in [-0.15, -0.1) is 0 Å². The van der Waals surface area contributed by atoms with Crippen molar-refractivity contribution < 1.29 is 8.42 Å². The van der Waals surface area contributed by atoms with Gasteiger partial charge in [0.25, 0.3) is 0 Å². The molecule has 2 bridgehead atoms. The van der Waals surface area contributed by atoms with Gasteiger partial charge < -0.3 is 5.73 Å². The molecule has 0 aromatic heterocycles. The summed E-state index contributed by atoms with van der Waals surface area (Å²) in [7, 11) is -3.38. The van der Waals surface area contributed by atoms with Crippen LogP contribution in [0.1, 0.15) is 30.4 Å². The molecular formula is C14H20N2O2S. The third-order valence-electron chi connectivity index (χ3n) is 4.65. The molecule has 3 rings (SSSR count). The number of piperidine rings is 1. The van der Waals surface area contributed by atoms with Crippen molar-refractivity contribution in [2.45, 2.75) is 44.0 Å². The molecular weight excluding hydrogens is 260 g/mol. The third-order valence-corrected chi connectivity index (χ3v) is 6.54. The number of fused-ring (bicyclic) bond motifs is 2. The average molecular weight is 280 g/mol. The molecule has 2 aliphatic rings. The van der Waals surface area contributed by atoms with Crippen LogP contribution in [0.2, 0.25) is 0 Å². The minimum Gasteiger partial charge on any atom is -0.398 e. The molecule has 2 fully saturated rings. The van der Waals surface area contributed by atoms with Gasteiger partial charge in [-0.25, -0.2) is 8.42 Å². The molecule has 2 atom stereocenters. The van der Waals surface area contributed by atoms with E-state index in [-0.39, 0.29) is 6.04 Å². The Hall–Kier alpha value is -1.07. The molecule has 5 heteroatoms. The van der Waals surface area contributed by atoms with Crippen LogP contribution in [-0.4, -0.2) is 25.3 Å². The highest BCUT2D eigenvalue weighted by Crippen LogP contribution is 2.40. The molecule has 1 aliphatic heterocycles. The highest BCUT2D eigenvalue weighted by molar-refractivity contribution is 7.89. The Labute approximate surface area is 114 Å². The van der Waals surface area contributed by atoms with Crippen LogP contribution in [0, 0.1) is 19.8 Å². The van der Waals surface area contributed by atoms with Gasteiger partial charge in [0.2, 0.25) is 10.0 Å². The van der Waals surface area contributed by atoms with E-state index in [2.05, 4.69) is 0 Å². The summed E-state index contributed by atoms with van der Waals surface area (Å²) in [6.45, 7) is 4.50. The van der Waals surface area contributed by atoms with Crippen molar-refractivity contribution in [3.05, 3.63) is 23.3 Å². The van der Waals surface area contributed by atoms with Crippen LogP contribution in [0.5, 0.6) is 0 Å². The summed E-state index contributed by atoms with van der Waals surface area (Å²) in [5, 5.41) is 0. The Balaban J connectivity index is 2.01. The summed E-state index contributed by atoms with van der Waals surface area (Å²) in [5.74, 6) is 0.559. The van der Waals surface area contributed by atoms with Crippen LogP contribution in [0.25, 0.3) is 0 Å². The number of aryl methyl sites for hydroxylation is 1. The number of nitrogen functional groups attached to an aromatic ring is 1. The van der Waals surface area contributed by atoms with Gasteiger partial charge in [0.05, 0.1) is 4.90 Å². The zero-order valence-corrected chi connectivity index (χ0v) is 12.2. The minimum absolute atomic E-state index is 0.206. The lowest BCUT2D eigenvalue weighted by molar-refractivity contribution is 0.333. The van der Waals surface area contributed by atoms with Gasteiger partial charge in [0, 0.05) is 18.3 Å². The van der Waals surface area contributed by atoms with Crippen LogP contribution < -0.4 is 5.73 Å². The van der Waals surface area contributed by atoms with Crippen LogP contribution in [-0.2, 0) is 10.0 Å². The highest BCUT2D eigenvalue weighted by atomic mass is 32.2. The minimum atomic E-state index is -3.38. The zero-order chi connectivity index (χ0) is 13.8. The Morgan fingerprint density at radius 3 is 2.53 bits per heavy atom. The van der Waals surface area contributed by atoms with Crippen molar-refractivity contribution in [3.8, 4) is 0 Å². The van der Waals surface area contributed by atoms with Gasteiger partial charge in [-0.1, -0.05) is 0 Å². The maximum absolute atomic E-state index is 12.7. The predicted octanol–water partition coefficient (Wildman–Crippen LogP) is 2.06. The average Bonchev–Trinajstić information content (AvgIpc) is 2.97. The molecule has 1 saturated carbocycles. The van der Waals surface area contributed by atoms with Crippen LogP contribution >= 0.6 is 0 Å². The van der Waals surface area contributed by atoms with Gasteiger partial charge >= 0.3 is 0 Å². The van der Waals surface area contributed by atoms with E-state index in [0.29, 0.717) is 23.0 Å². The van der Waals surface area contributed by atoms with E-state index in [1.165, 1.54) is 6.42 Å². The number of rotatable bonds is 2. The molecule has 4 nitrogen and oxygen atoms in total. The van der Waals surface area contributed by atoms with Crippen molar-refractivity contribution in [3.63, 3.8) is 0 Å². The molecule has 1 aliphatic carbocycles. The Morgan fingerprint density at radius 2 is 2.00 bits per heavy atom. The van der Waals surface area contributed by atoms with Gasteiger partial charge in [0.15, 0.2) is 0 Å². The molecule has 19 heavy (non-hydrogen) atoms. The van der Waals surface area contributed by atoms with E-state index in [1.54, 1.807) is 16.4 Å². The largest absolute Gasteiger partial charge is 0.398 e. The molecule has 1 heterocycles. The van der Waals surface area contributed by atoms with Gasteiger partial charge in [-0.2, -0.15) is 4.31 Å². The molecule has 0 amide bonds. The number of nitrogens with zero attached hydrogens (tertiary/aromatic N) is 1. The van der Waals surface area contributed by atoms with E-state index >= 15 is 0 Å². The van der Waals surface area contributed by atoms with Crippen LogP contribution in [0.4, 0.5) is 5.69 Å². The second-order valence-electron chi connectivity index (χ2n) is 5.86. The van der Waals surface area contributed by atoms with Crippen molar-refractivity contribution in [1.82, 2.24) is 4.31 Å². The molecule has 1 aromatic rings. The number of hydrogen-bond acceptors (Lipinski definition) is 3. The quantitative estimate of drug-likeness (QED) is 0.843. The lowest BCUT2D eigenvalue weighted by atomic mass is 10.1. The molecule has 104 valence electrons. The third kappa shape index (κ3) is 1.96. The fraction of sp³-hybridized carbons (Fsp3) is 0.571. The number of hydrogen-bond donors (Lipinski definition) is 1. The lowest BCUT2D eigenvalue weighted by Crippen LogP contribution is -2.37. The molecule has 1 aromatic carbocycles. The summed E-state index contributed by atoms with van der Waals surface area (Å²) in [6.07, 6.45) is 3.20. The van der Waals surface area contributed by atoms with Crippen LogP contribution in [0.3, 0.4) is 0 Å². The summed E-state index contributed by atoms with van der Waals surface area (Å²) >= 11 is 0. The number of sulfonamides is 1. The van der Waals surface area contributed by atoms with E-state index < -0.39 is 10.0 Å². The second kappa shape index (κ2) is 4.21. The van der Waals surface area contributed by atoms with E-state index in [4.69, 9.17) is 5.73 Å². The maximum atomic E-state index is 12.7. The van der Waals surface area contributed by atoms with Crippen molar-refractivity contribution in [2.75, 3.05) is 12.3 Å². The van der Waals surface area contributed by atoms with E-state index in [0.717, 1.165) is 24.0 Å². The number of anilines is 1. The first-order chi connectivity index (χ1) is 8.89. The first-order valence-corrected chi connectivity index (χ1v) is 8.22. The van der Waals surface area contributed by atoms with Gasteiger partial charge in [0.1, 0.15) is 0 Å². The Kier molecular flexibility index (Phi) is 2.87. The maximum Gasteiger partial charge on any atom is 0.243 e. The van der Waals surface area contributed by atoms with Crippen molar-refractivity contribution in [2.24, 2.45) is 5.92 Å². The standard InChI is InChI=1S/C14H20N2O2S/c1-9-5-13(7-14(15)10(9)2)19(17,18)16-8-11-3-4-12(16)6-11/h5,7,11-12H,3-4,6,8,15H2,1-2H3. The fourth-order valence-corrected chi connectivity index (χ4v) is 5.17. The first-order valence-electron chi connectivity index (χ1n) is 6.78. The highest BCUT2D eigenvalue weighted by Gasteiger charge is 2.44. The topological polar surface area (TPSA) is 63.4 Å². The molecule has 0 spiro atoms. The smallest absolute Gasteiger partial charge is 0.243 e.